The number of carboxylic acids is 1. The average Bonchev–Trinajstić information content (AvgIpc) is 2.36. The summed E-state index contributed by atoms with van der Waals surface area (Å²) in [4.78, 5) is 23.0. The van der Waals surface area contributed by atoms with Gasteiger partial charge in [0.2, 0.25) is 11.4 Å². The van der Waals surface area contributed by atoms with Gasteiger partial charge >= 0.3 is 12.1 Å². The molecular weight excluding hydrogens is 375 g/mol. The second-order valence-corrected chi connectivity index (χ2v) is 6.18. The molecule has 9 heteroatoms. The molecule has 116 valence electrons. The van der Waals surface area contributed by atoms with Crippen molar-refractivity contribution in [3.05, 3.63) is 28.7 Å². The van der Waals surface area contributed by atoms with E-state index >= 15 is 0 Å². The lowest BCUT2D eigenvalue weighted by Gasteiger charge is -2.28. The molecule has 4 nitrogen and oxygen atoms in total. The predicted molar refractivity (Wildman–Crippen MR) is 75.1 cm³/mol. The number of amides is 1. The van der Waals surface area contributed by atoms with Gasteiger partial charge in [-0.3, -0.25) is 4.79 Å². The topological polar surface area (TPSA) is 66.4 Å². The quantitative estimate of drug-likeness (QED) is 0.764. The minimum atomic E-state index is -5.09. The van der Waals surface area contributed by atoms with Crippen LogP contribution in [0.2, 0.25) is 0 Å². The second-order valence-electron chi connectivity index (χ2n) is 4.22. The molecule has 0 spiro atoms. The number of thioether (sulfide) groups is 1. The summed E-state index contributed by atoms with van der Waals surface area (Å²) in [6.07, 6.45) is -5.09. The molecule has 0 saturated carbocycles. The van der Waals surface area contributed by atoms with Crippen molar-refractivity contribution < 1.29 is 27.9 Å². The van der Waals surface area contributed by atoms with Crippen LogP contribution in [-0.2, 0) is 9.59 Å². The van der Waals surface area contributed by atoms with E-state index in [1.807, 2.05) is 0 Å². The highest BCUT2D eigenvalue weighted by atomic mass is 79.9. The van der Waals surface area contributed by atoms with Crippen molar-refractivity contribution in [3.63, 3.8) is 0 Å². The first kappa shape index (κ1) is 17.8. The first-order chi connectivity index (χ1) is 9.56. The molecule has 2 N–H and O–H groups in total. The molecule has 1 aromatic carbocycles. The Balaban J connectivity index is 2.67. The lowest BCUT2D eigenvalue weighted by atomic mass is 10.0. The van der Waals surface area contributed by atoms with Crippen LogP contribution >= 0.6 is 27.7 Å². The molecule has 0 aliphatic carbocycles. The molecule has 1 unspecified atom stereocenters. The maximum Gasteiger partial charge on any atom is 0.422 e. The summed E-state index contributed by atoms with van der Waals surface area (Å²) < 4.78 is 39.0. The Hall–Kier alpha value is -1.22. The number of carbonyl (C=O) groups is 2. The fraction of sp³-hybridized carbons (Fsp3) is 0.333. The van der Waals surface area contributed by atoms with Crippen LogP contribution in [0, 0.1) is 0 Å². The molecular formula is C12H11BrF3NO3S. The Morgan fingerprint density at radius 3 is 2.24 bits per heavy atom. The Labute approximate surface area is 131 Å². The molecule has 0 bridgehead atoms. The van der Waals surface area contributed by atoms with E-state index in [0.717, 1.165) is 16.2 Å². The van der Waals surface area contributed by atoms with E-state index in [-0.39, 0.29) is 5.75 Å². The van der Waals surface area contributed by atoms with Gasteiger partial charge in [0, 0.05) is 9.37 Å². The minimum Gasteiger partial charge on any atom is -0.479 e. The third kappa shape index (κ3) is 4.63. The van der Waals surface area contributed by atoms with Crippen LogP contribution in [0.1, 0.15) is 6.92 Å². The molecule has 0 heterocycles. The van der Waals surface area contributed by atoms with Crippen LogP contribution in [0.3, 0.4) is 0 Å². The van der Waals surface area contributed by atoms with E-state index in [4.69, 9.17) is 5.11 Å². The van der Waals surface area contributed by atoms with Gasteiger partial charge in [0.25, 0.3) is 0 Å². The molecule has 1 aromatic rings. The SMILES string of the molecule is CC(NC(=O)CSc1ccc(Br)cc1)(C(=O)O)C(F)(F)F. The van der Waals surface area contributed by atoms with E-state index in [2.05, 4.69) is 15.9 Å². The predicted octanol–water partition coefficient (Wildman–Crippen LogP) is 3.06. The van der Waals surface area contributed by atoms with Crippen LogP contribution in [0.25, 0.3) is 0 Å². The monoisotopic (exact) mass is 385 g/mol. The molecule has 1 atom stereocenters. The van der Waals surface area contributed by atoms with Gasteiger partial charge in [0.1, 0.15) is 0 Å². The molecule has 1 amide bonds. The van der Waals surface area contributed by atoms with Crippen molar-refractivity contribution in [1.29, 1.82) is 0 Å². The summed E-state index contributed by atoms with van der Waals surface area (Å²) >= 11 is 4.23. The number of benzene rings is 1. The lowest BCUT2D eigenvalue weighted by Crippen LogP contribution is -2.62. The molecule has 0 aliphatic rings. The summed E-state index contributed by atoms with van der Waals surface area (Å²) in [5, 5.41) is 10.2. The van der Waals surface area contributed by atoms with E-state index in [1.165, 1.54) is 5.32 Å². The number of nitrogens with one attached hydrogen (secondary N) is 1. The van der Waals surface area contributed by atoms with Gasteiger partial charge in [-0.2, -0.15) is 13.2 Å². The van der Waals surface area contributed by atoms with Crippen LogP contribution < -0.4 is 5.32 Å². The molecule has 0 saturated heterocycles. The van der Waals surface area contributed by atoms with Crippen molar-refractivity contribution in [1.82, 2.24) is 5.32 Å². The van der Waals surface area contributed by atoms with Gasteiger partial charge in [0.05, 0.1) is 5.75 Å². The number of carboxylic acid groups (broad SMARTS) is 1. The maximum absolute atomic E-state index is 12.7. The Bertz CT molecular complexity index is 536. The fourth-order valence-electron chi connectivity index (χ4n) is 1.24. The average molecular weight is 386 g/mol. The summed E-state index contributed by atoms with van der Waals surface area (Å²) in [5.41, 5.74) is -3.30. The number of hydrogen-bond donors (Lipinski definition) is 2. The van der Waals surface area contributed by atoms with Crippen LogP contribution in [0.5, 0.6) is 0 Å². The summed E-state index contributed by atoms with van der Waals surface area (Å²) in [6.45, 7) is 0.414. The van der Waals surface area contributed by atoms with Crippen LogP contribution in [0.15, 0.2) is 33.6 Å². The first-order valence-electron chi connectivity index (χ1n) is 5.56. The highest BCUT2D eigenvalue weighted by molar-refractivity contribution is 9.10. The zero-order valence-electron chi connectivity index (χ0n) is 10.7. The number of carbonyl (C=O) groups excluding carboxylic acids is 1. The standard InChI is InChI=1S/C12H11BrF3NO3S/c1-11(10(19)20,12(14,15)16)17-9(18)6-21-8-4-2-7(13)3-5-8/h2-5H,6H2,1H3,(H,17,18)(H,19,20). The lowest BCUT2D eigenvalue weighted by molar-refractivity contribution is -0.206. The molecule has 0 fully saturated rings. The van der Waals surface area contributed by atoms with E-state index in [9.17, 15) is 22.8 Å². The van der Waals surface area contributed by atoms with Gasteiger partial charge in [-0.1, -0.05) is 15.9 Å². The normalized spacial score (nSPS) is 14.3. The van der Waals surface area contributed by atoms with Crippen molar-refractivity contribution >= 4 is 39.6 Å². The van der Waals surface area contributed by atoms with Crippen LogP contribution in [-0.4, -0.2) is 34.5 Å². The van der Waals surface area contributed by atoms with Gasteiger partial charge < -0.3 is 10.4 Å². The van der Waals surface area contributed by atoms with Gasteiger partial charge in [0.15, 0.2) is 0 Å². The smallest absolute Gasteiger partial charge is 0.422 e. The summed E-state index contributed by atoms with van der Waals surface area (Å²) in [6, 6.07) is 6.80. The molecule has 1 rings (SSSR count). The number of aliphatic carboxylic acids is 1. The first-order valence-corrected chi connectivity index (χ1v) is 7.33. The highest BCUT2D eigenvalue weighted by Gasteiger charge is 2.58. The number of alkyl halides is 3. The van der Waals surface area contributed by atoms with E-state index in [1.54, 1.807) is 24.3 Å². The van der Waals surface area contributed by atoms with E-state index in [0.29, 0.717) is 11.8 Å². The maximum atomic E-state index is 12.7. The van der Waals surface area contributed by atoms with Crippen molar-refractivity contribution in [2.24, 2.45) is 0 Å². The third-order valence-electron chi connectivity index (χ3n) is 2.57. The third-order valence-corrected chi connectivity index (χ3v) is 4.11. The van der Waals surface area contributed by atoms with Gasteiger partial charge in [-0.15, -0.1) is 11.8 Å². The zero-order chi connectivity index (χ0) is 16.3. The Morgan fingerprint density at radius 1 is 1.29 bits per heavy atom. The van der Waals surface area contributed by atoms with E-state index < -0.39 is 23.6 Å². The van der Waals surface area contributed by atoms with Crippen molar-refractivity contribution in [3.8, 4) is 0 Å². The van der Waals surface area contributed by atoms with Gasteiger partial charge in [-0.05, 0) is 31.2 Å². The molecule has 0 aliphatic heterocycles. The largest absolute Gasteiger partial charge is 0.479 e. The Kier molecular flexibility index (Phi) is 5.68. The number of hydrogen-bond acceptors (Lipinski definition) is 3. The molecule has 0 radical (unpaired) electrons. The van der Waals surface area contributed by atoms with Crippen molar-refractivity contribution in [2.45, 2.75) is 23.5 Å². The number of halogens is 4. The fourth-order valence-corrected chi connectivity index (χ4v) is 2.20. The molecule has 0 aromatic heterocycles. The van der Waals surface area contributed by atoms with Crippen molar-refractivity contribution in [2.75, 3.05) is 5.75 Å². The summed E-state index contributed by atoms with van der Waals surface area (Å²) in [5.74, 6) is -3.48. The number of rotatable bonds is 5. The molecule has 21 heavy (non-hydrogen) atoms. The minimum absolute atomic E-state index is 0.319. The Morgan fingerprint density at radius 2 is 1.81 bits per heavy atom. The zero-order valence-corrected chi connectivity index (χ0v) is 13.1. The van der Waals surface area contributed by atoms with Crippen LogP contribution in [0.4, 0.5) is 13.2 Å². The highest BCUT2D eigenvalue weighted by Crippen LogP contribution is 2.30. The second kappa shape index (κ2) is 6.69. The van der Waals surface area contributed by atoms with Gasteiger partial charge in [-0.25, -0.2) is 4.79 Å². The summed E-state index contributed by atoms with van der Waals surface area (Å²) in [7, 11) is 0.